The van der Waals surface area contributed by atoms with Gasteiger partial charge in [-0.25, -0.2) is 13.4 Å². The lowest BCUT2D eigenvalue weighted by molar-refractivity contribution is -0.115. The van der Waals surface area contributed by atoms with Gasteiger partial charge in [0.05, 0.1) is 20.9 Å². The van der Waals surface area contributed by atoms with Crippen molar-refractivity contribution in [2.24, 2.45) is 7.05 Å². The first-order valence-electron chi connectivity index (χ1n) is 9.03. The standard InChI is InChI=1S/C18H23ClN4O3S2/c1-13(27-18-20-8-11-22(18)2)17(24)21-16-12-14(6-7-15(16)19)28(25,26)23-9-4-3-5-10-23/h6-8,11-13H,3-5,9-10H2,1-2H3,(H,21,24). The summed E-state index contributed by atoms with van der Waals surface area (Å²) in [7, 11) is -1.75. The van der Waals surface area contributed by atoms with E-state index in [-0.39, 0.29) is 16.5 Å². The number of anilines is 1. The van der Waals surface area contributed by atoms with Gasteiger partial charge in [0.1, 0.15) is 0 Å². The van der Waals surface area contributed by atoms with Crippen molar-refractivity contribution in [1.29, 1.82) is 0 Å². The van der Waals surface area contributed by atoms with Crippen molar-refractivity contribution in [3.05, 3.63) is 35.6 Å². The quantitative estimate of drug-likeness (QED) is 0.693. The van der Waals surface area contributed by atoms with Crippen LogP contribution in [0.1, 0.15) is 26.2 Å². The number of imidazole rings is 1. The molecule has 0 spiro atoms. The van der Waals surface area contributed by atoms with Crippen molar-refractivity contribution in [2.45, 2.75) is 41.5 Å². The Morgan fingerprint density at radius 3 is 2.64 bits per heavy atom. The molecule has 0 radical (unpaired) electrons. The van der Waals surface area contributed by atoms with Crippen LogP contribution in [0.2, 0.25) is 5.02 Å². The Bertz CT molecular complexity index is 955. The summed E-state index contributed by atoms with van der Waals surface area (Å²) in [6.45, 7) is 2.80. The first kappa shape index (κ1) is 21.2. The van der Waals surface area contributed by atoms with E-state index in [1.807, 2.05) is 11.6 Å². The topological polar surface area (TPSA) is 84.3 Å². The molecule has 10 heteroatoms. The molecule has 1 aromatic heterocycles. The van der Waals surface area contributed by atoms with Crippen LogP contribution >= 0.6 is 23.4 Å². The van der Waals surface area contributed by atoms with Crippen LogP contribution < -0.4 is 5.32 Å². The van der Waals surface area contributed by atoms with Gasteiger partial charge < -0.3 is 9.88 Å². The second kappa shape index (κ2) is 8.86. The molecule has 2 heterocycles. The third-order valence-electron chi connectivity index (χ3n) is 4.58. The number of aryl methyl sites for hydroxylation is 1. The van der Waals surface area contributed by atoms with Crippen LogP contribution in [0.3, 0.4) is 0 Å². The van der Waals surface area contributed by atoms with Crippen molar-refractivity contribution >= 4 is 45.0 Å². The van der Waals surface area contributed by atoms with Gasteiger partial charge in [-0.15, -0.1) is 0 Å². The highest BCUT2D eigenvalue weighted by Gasteiger charge is 2.27. The maximum atomic E-state index is 12.9. The van der Waals surface area contributed by atoms with Crippen molar-refractivity contribution in [1.82, 2.24) is 13.9 Å². The molecule has 1 aliphatic rings. The second-order valence-electron chi connectivity index (χ2n) is 6.68. The maximum Gasteiger partial charge on any atom is 0.243 e. The summed E-state index contributed by atoms with van der Waals surface area (Å²) in [5, 5.41) is 3.32. The number of benzene rings is 1. The van der Waals surface area contributed by atoms with E-state index in [1.54, 1.807) is 19.3 Å². The summed E-state index contributed by atoms with van der Waals surface area (Å²) in [5.41, 5.74) is 0.289. The average molecular weight is 443 g/mol. The molecule has 1 N–H and O–H groups in total. The van der Waals surface area contributed by atoms with Crippen LogP contribution in [0.15, 0.2) is 40.6 Å². The van der Waals surface area contributed by atoms with Crippen molar-refractivity contribution in [2.75, 3.05) is 18.4 Å². The lowest BCUT2D eigenvalue weighted by atomic mass is 10.2. The van der Waals surface area contributed by atoms with Gasteiger partial charge in [-0.05, 0) is 38.0 Å². The zero-order valence-electron chi connectivity index (χ0n) is 15.8. The summed E-state index contributed by atoms with van der Waals surface area (Å²) in [4.78, 5) is 16.9. The predicted molar refractivity (Wildman–Crippen MR) is 111 cm³/mol. The molecule has 152 valence electrons. The Morgan fingerprint density at radius 2 is 2.00 bits per heavy atom. The number of nitrogens with one attached hydrogen (secondary N) is 1. The first-order valence-corrected chi connectivity index (χ1v) is 11.7. The Morgan fingerprint density at radius 1 is 1.29 bits per heavy atom. The van der Waals surface area contributed by atoms with Crippen molar-refractivity contribution < 1.29 is 13.2 Å². The molecular formula is C18H23ClN4O3S2. The van der Waals surface area contributed by atoms with Crippen LogP contribution in [0.25, 0.3) is 0 Å². The smallest absolute Gasteiger partial charge is 0.243 e. The number of hydrogen-bond donors (Lipinski definition) is 1. The monoisotopic (exact) mass is 442 g/mol. The molecule has 0 saturated carbocycles. The minimum Gasteiger partial charge on any atom is -0.329 e. The minimum atomic E-state index is -3.60. The molecule has 1 aromatic carbocycles. The second-order valence-corrected chi connectivity index (χ2v) is 10.3. The lowest BCUT2D eigenvalue weighted by Gasteiger charge is -2.26. The Labute approximate surface area is 174 Å². The van der Waals surface area contributed by atoms with Gasteiger partial charge >= 0.3 is 0 Å². The summed E-state index contributed by atoms with van der Waals surface area (Å²) in [6.07, 6.45) is 6.23. The van der Waals surface area contributed by atoms with E-state index in [0.717, 1.165) is 24.4 Å². The number of rotatable bonds is 6. The number of hydrogen-bond acceptors (Lipinski definition) is 5. The fraction of sp³-hybridized carbons (Fsp3) is 0.444. The van der Waals surface area contributed by atoms with Gasteiger partial charge in [0.2, 0.25) is 15.9 Å². The summed E-state index contributed by atoms with van der Waals surface area (Å²) < 4.78 is 29.1. The molecule has 1 atom stereocenters. The first-order chi connectivity index (χ1) is 13.3. The number of carbonyl (C=O) groups excluding carboxylic acids is 1. The number of piperidine rings is 1. The Kier molecular flexibility index (Phi) is 6.69. The van der Waals surface area contributed by atoms with E-state index in [1.165, 1.54) is 34.3 Å². The van der Waals surface area contributed by atoms with Gasteiger partial charge in [-0.1, -0.05) is 29.8 Å². The highest BCUT2D eigenvalue weighted by atomic mass is 35.5. The fourth-order valence-corrected chi connectivity index (χ4v) is 5.47. The zero-order valence-corrected chi connectivity index (χ0v) is 18.1. The van der Waals surface area contributed by atoms with E-state index < -0.39 is 15.3 Å². The van der Waals surface area contributed by atoms with Crippen LogP contribution in [0, 0.1) is 0 Å². The van der Waals surface area contributed by atoms with E-state index in [0.29, 0.717) is 18.1 Å². The number of amides is 1. The molecule has 1 amide bonds. The highest BCUT2D eigenvalue weighted by Crippen LogP contribution is 2.29. The van der Waals surface area contributed by atoms with Gasteiger partial charge in [0.15, 0.2) is 5.16 Å². The third-order valence-corrected chi connectivity index (χ3v) is 7.97. The zero-order chi connectivity index (χ0) is 20.3. The molecule has 2 aromatic rings. The normalized spacial score (nSPS) is 16.7. The summed E-state index contributed by atoms with van der Waals surface area (Å²) in [5.74, 6) is -0.276. The van der Waals surface area contributed by atoms with Gasteiger partial charge in [0, 0.05) is 32.5 Å². The average Bonchev–Trinajstić information content (AvgIpc) is 3.08. The molecule has 3 rings (SSSR count). The van der Waals surface area contributed by atoms with Gasteiger partial charge in [-0.3, -0.25) is 4.79 Å². The Balaban J connectivity index is 1.76. The van der Waals surface area contributed by atoms with Crippen LogP contribution in [0.5, 0.6) is 0 Å². The third kappa shape index (κ3) is 4.71. The summed E-state index contributed by atoms with van der Waals surface area (Å²) >= 11 is 7.52. The molecule has 1 unspecified atom stereocenters. The van der Waals surface area contributed by atoms with Gasteiger partial charge in [-0.2, -0.15) is 4.31 Å². The maximum absolute atomic E-state index is 12.9. The molecule has 0 bridgehead atoms. The molecule has 7 nitrogen and oxygen atoms in total. The van der Waals surface area contributed by atoms with Gasteiger partial charge in [0.25, 0.3) is 0 Å². The SMILES string of the molecule is CC(Sc1nccn1C)C(=O)Nc1cc(S(=O)(=O)N2CCCCC2)ccc1Cl. The molecule has 0 aliphatic carbocycles. The lowest BCUT2D eigenvalue weighted by Crippen LogP contribution is -2.35. The number of nitrogens with zero attached hydrogens (tertiary/aromatic N) is 3. The van der Waals surface area contributed by atoms with Crippen molar-refractivity contribution in [3.8, 4) is 0 Å². The van der Waals surface area contributed by atoms with E-state index in [2.05, 4.69) is 10.3 Å². The molecule has 1 saturated heterocycles. The minimum absolute atomic E-state index is 0.138. The van der Waals surface area contributed by atoms with Crippen LogP contribution in [-0.2, 0) is 21.9 Å². The number of aromatic nitrogens is 2. The summed E-state index contributed by atoms with van der Waals surface area (Å²) in [6, 6.07) is 4.42. The molecular weight excluding hydrogens is 420 g/mol. The number of thioether (sulfide) groups is 1. The number of sulfonamides is 1. The number of carbonyl (C=O) groups is 1. The highest BCUT2D eigenvalue weighted by molar-refractivity contribution is 8.00. The molecule has 1 fully saturated rings. The van der Waals surface area contributed by atoms with Crippen LogP contribution in [-0.4, -0.2) is 46.5 Å². The predicted octanol–water partition coefficient (Wildman–Crippen LogP) is 3.37. The molecule has 28 heavy (non-hydrogen) atoms. The number of halogens is 1. The van der Waals surface area contributed by atoms with E-state index >= 15 is 0 Å². The van der Waals surface area contributed by atoms with Crippen molar-refractivity contribution in [3.63, 3.8) is 0 Å². The van der Waals surface area contributed by atoms with Crippen LogP contribution in [0.4, 0.5) is 5.69 Å². The van der Waals surface area contributed by atoms with E-state index in [9.17, 15) is 13.2 Å². The largest absolute Gasteiger partial charge is 0.329 e. The fourth-order valence-electron chi connectivity index (χ4n) is 2.93. The van der Waals surface area contributed by atoms with E-state index in [4.69, 9.17) is 11.6 Å². The Hall–Kier alpha value is -1.55. The molecule has 1 aliphatic heterocycles.